The molecular weight excluding hydrogens is 374 g/mol. The number of benzene rings is 1. The second kappa shape index (κ2) is 8.45. The monoisotopic (exact) mass is 401 g/mol. The molecule has 2 aliphatic rings. The van der Waals surface area contributed by atoms with Crippen LogP contribution < -0.4 is 10.6 Å². The summed E-state index contributed by atoms with van der Waals surface area (Å²) in [6.07, 6.45) is 2.30. The van der Waals surface area contributed by atoms with E-state index in [1.807, 2.05) is 23.1 Å². The number of carbonyl (C=O) groups is 2. The van der Waals surface area contributed by atoms with Gasteiger partial charge in [0.05, 0.1) is 16.1 Å². The smallest absolute Gasteiger partial charge is 0.227 e. The van der Waals surface area contributed by atoms with Crippen LogP contribution >= 0.6 is 11.3 Å². The summed E-state index contributed by atoms with van der Waals surface area (Å²) in [7, 11) is 0. The van der Waals surface area contributed by atoms with Crippen molar-refractivity contribution in [3.05, 3.63) is 24.3 Å². The molecule has 28 heavy (non-hydrogen) atoms. The van der Waals surface area contributed by atoms with Crippen LogP contribution in [0.4, 0.5) is 5.13 Å². The van der Waals surface area contributed by atoms with Gasteiger partial charge in [0, 0.05) is 45.7 Å². The summed E-state index contributed by atoms with van der Waals surface area (Å²) in [5.41, 5.74) is 6.30. The zero-order chi connectivity index (χ0) is 19.5. The third-order valence-corrected chi connectivity index (χ3v) is 6.77. The molecule has 150 valence electrons. The summed E-state index contributed by atoms with van der Waals surface area (Å²) in [6, 6.07) is 8.20. The Bertz CT molecular complexity index is 813. The first-order chi connectivity index (χ1) is 13.6. The van der Waals surface area contributed by atoms with E-state index in [1.54, 1.807) is 11.3 Å². The van der Waals surface area contributed by atoms with Crippen LogP contribution in [0.15, 0.2) is 24.3 Å². The number of likely N-dealkylation sites (tertiary alicyclic amines) is 1. The SMILES string of the molecule is NC(=O)CCN1CCC[C@H](C(=O)N2CCN(c3nc4ccccc4s3)CC2)C1. The molecule has 8 heteroatoms. The maximum Gasteiger partial charge on any atom is 0.227 e. The molecule has 1 atom stereocenters. The summed E-state index contributed by atoms with van der Waals surface area (Å²) in [6.45, 7) is 5.48. The van der Waals surface area contributed by atoms with Crippen molar-refractivity contribution in [2.75, 3.05) is 50.7 Å². The fourth-order valence-electron chi connectivity index (χ4n) is 4.10. The number of primary amides is 1. The first-order valence-electron chi connectivity index (χ1n) is 10.00. The average molecular weight is 402 g/mol. The van der Waals surface area contributed by atoms with Gasteiger partial charge in [0.15, 0.2) is 5.13 Å². The predicted molar refractivity (Wildman–Crippen MR) is 111 cm³/mol. The molecule has 0 aliphatic carbocycles. The molecule has 2 aliphatic heterocycles. The number of nitrogens with two attached hydrogens (primary N) is 1. The molecule has 2 amide bonds. The number of fused-ring (bicyclic) bond motifs is 1. The lowest BCUT2D eigenvalue weighted by Gasteiger charge is -2.39. The van der Waals surface area contributed by atoms with Crippen molar-refractivity contribution in [3.63, 3.8) is 0 Å². The summed E-state index contributed by atoms with van der Waals surface area (Å²) >= 11 is 1.72. The Kier molecular flexibility index (Phi) is 5.77. The van der Waals surface area contributed by atoms with Crippen LogP contribution in [0.1, 0.15) is 19.3 Å². The van der Waals surface area contributed by atoms with Crippen molar-refractivity contribution in [3.8, 4) is 0 Å². The van der Waals surface area contributed by atoms with E-state index in [-0.39, 0.29) is 17.7 Å². The van der Waals surface area contributed by atoms with Gasteiger partial charge in [-0.1, -0.05) is 23.5 Å². The van der Waals surface area contributed by atoms with E-state index < -0.39 is 0 Å². The van der Waals surface area contributed by atoms with Gasteiger partial charge in [0.1, 0.15) is 0 Å². The van der Waals surface area contributed by atoms with Crippen LogP contribution in [0.3, 0.4) is 0 Å². The molecular formula is C20H27N5O2S. The Balaban J connectivity index is 1.31. The van der Waals surface area contributed by atoms with Crippen molar-refractivity contribution < 1.29 is 9.59 Å². The topological polar surface area (TPSA) is 82.8 Å². The molecule has 1 aromatic carbocycles. The van der Waals surface area contributed by atoms with Crippen LogP contribution in [0.5, 0.6) is 0 Å². The molecule has 0 bridgehead atoms. The normalized spacial score (nSPS) is 21.2. The van der Waals surface area contributed by atoms with Gasteiger partial charge in [-0.3, -0.25) is 9.59 Å². The Morgan fingerprint density at radius 3 is 2.68 bits per heavy atom. The van der Waals surface area contributed by atoms with E-state index in [9.17, 15) is 9.59 Å². The lowest BCUT2D eigenvalue weighted by Crippen LogP contribution is -2.52. The van der Waals surface area contributed by atoms with Gasteiger partial charge in [-0.2, -0.15) is 0 Å². The molecule has 0 saturated carbocycles. The fourth-order valence-corrected chi connectivity index (χ4v) is 5.12. The molecule has 0 radical (unpaired) electrons. The van der Waals surface area contributed by atoms with Gasteiger partial charge in [0.2, 0.25) is 11.8 Å². The van der Waals surface area contributed by atoms with Crippen molar-refractivity contribution in [2.24, 2.45) is 11.7 Å². The van der Waals surface area contributed by atoms with Crippen molar-refractivity contribution >= 4 is 38.5 Å². The van der Waals surface area contributed by atoms with Crippen molar-refractivity contribution in [1.29, 1.82) is 0 Å². The Morgan fingerprint density at radius 2 is 1.93 bits per heavy atom. The summed E-state index contributed by atoms with van der Waals surface area (Å²) < 4.78 is 1.20. The number of anilines is 1. The Labute approximate surface area is 169 Å². The highest BCUT2D eigenvalue weighted by Gasteiger charge is 2.31. The number of hydrogen-bond acceptors (Lipinski definition) is 6. The minimum absolute atomic E-state index is 0.0376. The van der Waals surface area contributed by atoms with Crippen LogP contribution in [-0.4, -0.2) is 72.4 Å². The lowest BCUT2D eigenvalue weighted by atomic mass is 9.96. The Hall–Kier alpha value is -2.19. The number of aromatic nitrogens is 1. The highest BCUT2D eigenvalue weighted by molar-refractivity contribution is 7.22. The second-order valence-corrected chi connectivity index (χ2v) is 8.64. The lowest BCUT2D eigenvalue weighted by molar-refractivity contribution is -0.137. The van der Waals surface area contributed by atoms with E-state index in [4.69, 9.17) is 10.7 Å². The number of carbonyl (C=O) groups excluding carboxylic acids is 2. The van der Waals surface area contributed by atoms with Gasteiger partial charge in [-0.25, -0.2) is 4.98 Å². The van der Waals surface area contributed by atoms with E-state index in [0.29, 0.717) is 13.0 Å². The third kappa shape index (κ3) is 4.28. The number of piperidine rings is 1. The number of thiazole rings is 1. The first-order valence-corrected chi connectivity index (χ1v) is 10.8. The summed E-state index contributed by atoms with van der Waals surface area (Å²) in [4.78, 5) is 35.3. The standard InChI is InChI=1S/C20H27N5O2S/c21-18(26)7-9-23-8-3-4-15(14-23)19(27)24-10-12-25(13-11-24)20-22-16-5-1-2-6-17(16)28-20/h1-2,5-6,15H,3-4,7-14H2,(H2,21,26)/t15-/m0/s1. The van der Waals surface area contributed by atoms with Gasteiger partial charge >= 0.3 is 0 Å². The molecule has 2 saturated heterocycles. The number of piperazine rings is 1. The molecule has 2 aromatic rings. The average Bonchev–Trinajstić information content (AvgIpc) is 3.16. The van der Waals surface area contributed by atoms with E-state index >= 15 is 0 Å². The van der Waals surface area contributed by atoms with E-state index in [2.05, 4.69) is 15.9 Å². The van der Waals surface area contributed by atoms with Gasteiger partial charge in [0.25, 0.3) is 0 Å². The largest absolute Gasteiger partial charge is 0.370 e. The molecule has 2 fully saturated rings. The second-order valence-electron chi connectivity index (χ2n) is 7.63. The predicted octanol–water partition coefficient (Wildman–Crippen LogP) is 1.53. The van der Waals surface area contributed by atoms with Gasteiger partial charge in [-0.15, -0.1) is 0 Å². The van der Waals surface area contributed by atoms with E-state index in [0.717, 1.165) is 62.8 Å². The molecule has 0 spiro atoms. The van der Waals surface area contributed by atoms with Crippen molar-refractivity contribution in [2.45, 2.75) is 19.3 Å². The van der Waals surface area contributed by atoms with Crippen LogP contribution in [0.2, 0.25) is 0 Å². The maximum absolute atomic E-state index is 13.0. The summed E-state index contributed by atoms with van der Waals surface area (Å²) in [5, 5.41) is 1.04. The molecule has 3 heterocycles. The number of para-hydroxylation sites is 1. The molecule has 2 N–H and O–H groups in total. The Morgan fingerprint density at radius 1 is 1.14 bits per heavy atom. The quantitative estimate of drug-likeness (QED) is 0.822. The number of rotatable bonds is 5. The maximum atomic E-state index is 13.0. The van der Waals surface area contributed by atoms with Crippen molar-refractivity contribution in [1.82, 2.24) is 14.8 Å². The molecule has 7 nitrogen and oxygen atoms in total. The minimum Gasteiger partial charge on any atom is -0.370 e. The number of amides is 2. The molecule has 0 unspecified atom stereocenters. The fraction of sp³-hybridized carbons (Fsp3) is 0.550. The van der Waals surface area contributed by atoms with Crippen LogP contribution in [0, 0.1) is 5.92 Å². The highest BCUT2D eigenvalue weighted by Crippen LogP contribution is 2.29. The zero-order valence-electron chi connectivity index (χ0n) is 16.0. The van der Waals surface area contributed by atoms with Crippen LogP contribution in [0.25, 0.3) is 10.2 Å². The van der Waals surface area contributed by atoms with Gasteiger partial charge < -0.3 is 20.4 Å². The first kappa shape index (κ1) is 19.1. The minimum atomic E-state index is -0.278. The van der Waals surface area contributed by atoms with Gasteiger partial charge in [-0.05, 0) is 31.5 Å². The number of hydrogen-bond donors (Lipinski definition) is 1. The molecule has 4 rings (SSSR count). The zero-order valence-corrected chi connectivity index (χ0v) is 16.9. The number of nitrogens with zero attached hydrogens (tertiary/aromatic N) is 4. The van der Waals surface area contributed by atoms with Crippen LogP contribution in [-0.2, 0) is 9.59 Å². The third-order valence-electron chi connectivity index (χ3n) is 5.67. The highest BCUT2D eigenvalue weighted by atomic mass is 32.1. The molecule has 1 aromatic heterocycles. The summed E-state index contributed by atoms with van der Waals surface area (Å²) in [5.74, 6) is 0.0165. The van der Waals surface area contributed by atoms with E-state index in [1.165, 1.54) is 4.70 Å².